The zero-order valence-corrected chi connectivity index (χ0v) is 28.9. The van der Waals surface area contributed by atoms with Gasteiger partial charge < -0.3 is 34.0 Å². The fourth-order valence-electron chi connectivity index (χ4n) is 4.46. The van der Waals surface area contributed by atoms with Crippen LogP contribution in [0.5, 0.6) is 0 Å². The van der Waals surface area contributed by atoms with Crippen molar-refractivity contribution in [2.24, 2.45) is 17.0 Å². The van der Waals surface area contributed by atoms with Gasteiger partial charge >= 0.3 is 0 Å². The van der Waals surface area contributed by atoms with Gasteiger partial charge in [0.15, 0.2) is 0 Å². The minimum Gasteiger partial charge on any atom is -0.394 e. The molecular formula is C32H64N4O7. The van der Waals surface area contributed by atoms with Gasteiger partial charge in [-0.05, 0) is 32.2 Å². The molecule has 0 aliphatic rings. The molecule has 0 aromatic heterocycles. The lowest BCUT2D eigenvalue weighted by Gasteiger charge is -2.37. The first-order valence-corrected chi connectivity index (χ1v) is 15.8. The van der Waals surface area contributed by atoms with Gasteiger partial charge in [-0.1, -0.05) is 65.6 Å². The van der Waals surface area contributed by atoms with Gasteiger partial charge in [0.1, 0.15) is 6.61 Å². The normalized spacial score (nSPS) is 14.1. The largest absolute Gasteiger partial charge is 0.394 e. The summed E-state index contributed by atoms with van der Waals surface area (Å²) in [6, 6.07) is -0.505. The predicted octanol–water partition coefficient (Wildman–Crippen LogP) is 4.01. The zero-order valence-electron chi connectivity index (χ0n) is 28.9. The van der Waals surface area contributed by atoms with Crippen LogP contribution in [0.25, 0.3) is 0 Å². The van der Waals surface area contributed by atoms with Crippen molar-refractivity contribution in [3.8, 4) is 0 Å². The Hall–Kier alpha value is -2.05. The maximum atomic E-state index is 13.1. The van der Waals surface area contributed by atoms with Crippen molar-refractivity contribution >= 4 is 18.0 Å². The van der Waals surface area contributed by atoms with E-state index in [4.69, 9.17) is 23.8 Å². The van der Waals surface area contributed by atoms with E-state index in [0.29, 0.717) is 59.2 Å². The van der Waals surface area contributed by atoms with E-state index in [0.717, 1.165) is 6.42 Å². The molecule has 0 rings (SSSR count). The predicted molar refractivity (Wildman–Crippen MR) is 174 cm³/mol. The lowest BCUT2D eigenvalue weighted by molar-refractivity contribution is -0.138. The number of methoxy groups -OCH3 is 1. The average molecular weight is 617 g/mol. The van der Waals surface area contributed by atoms with E-state index < -0.39 is 0 Å². The summed E-state index contributed by atoms with van der Waals surface area (Å²) in [6.45, 7) is 21.7. The highest BCUT2D eigenvalue weighted by molar-refractivity contribution is 5.87. The van der Waals surface area contributed by atoms with E-state index in [1.165, 1.54) is 6.42 Å². The topological polar surface area (TPSA) is 111 Å². The van der Waals surface area contributed by atoms with Crippen molar-refractivity contribution < 1.29 is 33.4 Å². The van der Waals surface area contributed by atoms with Gasteiger partial charge in [0, 0.05) is 26.9 Å². The number of hydrogen-bond acceptors (Lipinski definition) is 9. The van der Waals surface area contributed by atoms with Crippen LogP contribution in [-0.2, 0) is 33.4 Å². The summed E-state index contributed by atoms with van der Waals surface area (Å²) in [4.78, 5) is 34.8. The summed E-state index contributed by atoms with van der Waals surface area (Å²) in [5, 5.41) is 6.49. The maximum Gasteiger partial charge on any atom is 0.242 e. The Balaban J connectivity index is 0. The molecule has 0 aromatic carbocycles. The zero-order chi connectivity index (χ0) is 33.0. The van der Waals surface area contributed by atoms with Crippen LogP contribution in [0, 0.1) is 11.8 Å². The Labute approximate surface area is 262 Å². The fraction of sp³-hybridized carbons (Fsp3) is 0.844. The third-order valence-electron chi connectivity index (χ3n) is 6.77. The fourth-order valence-corrected chi connectivity index (χ4v) is 4.46. The van der Waals surface area contributed by atoms with Crippen molar-refractivity contribution in [2.75, 3.05) is 80.5 Å². The number of hydrogen-bond donors (Lipinski definition) is 1. The molecule has 0 saturated heterocycles. The summed E-state index contributed by atoms with van der Waals surface area (Å²) >= 11 is 0. The monoisotopic (exact) mass is 616 g/mol. The van der Waals surface area contributed by atoms with Gasteiger partial charge in [-0.3, -0.25) is 14.5 Å². The molecule has 4 atom stereocenters. The summed E-state index contributed by atoms with van der Waals surface area (Å²) < 4.78 is 22.2. The van der Waals surface area contributed by atoms with Crippen LogP contribution in [-0.4, -0.2) is 127 Å². The van der Waals surface area contributed by atoms with Gasteiger partial charge in [0.2, 0.25) is 11.8 Å². The molecule has 0 spiro atoms. The quantitative estimate of drug-likeness (QED) is 0.0709. The summed E-state index contributed by atoms with van der Waals surface area (Å²) in [5.41, 5.74) is 0. The standard InChI is InChI=1S/C29H56N4O7.C3H8/c1-10-13-25(36-9)28(24(6)11-2)33(8)26(34)22-30-29(35)27(23(4)5)32(7)14-15-37-16-17-38-18-19-39-20-21-40-31-12-3;1-3-2/h10,12,23-25,27-28H,1,11,13-22H2,2-9H3,(H,30,35);3H2,1-2H3/b31-12+;. The van der Waals surface area contributed by atoms with Crippen LogP contribution < -0.4 is 5.32 Å². The van der Waals surface area contributed by atoms with Crippen LogP contribution >= 0.6 is 0 Å². The molecule has 0 aliphatic heterocycles. The van der Waals surface area contributed by atoms with Gasteiger partial charge in [-0.25, -0.2) is 0 Å². The molecule has 254 valence electrons. The Morgan fingerprint density at radius 2 is 1.47 bits per heavy atom. The number of ether oxygens (including phenoxy) is 4. The molecule has 43 heavy (non-hydrogen) atoms. The van der Waals surface area contributed by atoms with Crippen molar-refractivity contribution in [2.45, 2.75) is 85.9 Å². The number of carbonyl (C=O) groups is 2. The number of oxime groups is 1. The highest BCUT2D eigenvalue weighted by Gasteiger charge is 2.32. The van der Waals surface area contributed by atoms with Crippen LogP contribution in [0.15, 0.2) is 17.8 Å². The van der Waals surface area contributed by atoms with Gasteiger partial charge in [-0.2, -0.15) is 0 Å². The number of carbonyl (C=O) groups excluding carboxylic acids is 2. The molecule has 2 amide bonds. The molecule has 0 radical (unpaired) electrons. The highest BCUT2D eigenvalue weighted by Crippen LogP contribution is 2.21. The smallest absolute Gasteiger partial charge is 0.242 e. The van der Waals surface area contributed by atoms with Crippen molar-refractivity contribution in [1.82, 2.24) is 15.1 Å². The van der Waals surface area contributed by atoms with Crippen LogP contribution in [0.2, 0.25) is 0 Å². The van der Waals surface area contributed by atoms with Gasteiger partial charge in [0.05, 0.1) is 64.4 Å². The molecule has 0 aromatic rings. The molecular weight excluding hydrogens is 552 g/mol. The minimum absolute atomic E-state index is 0.0543. The van der Waals surface area contributed by atoms with E-state index in [1.54, 1.807) is 32.2 Å². The molecule has 0 fully saturated rings. The number of nitrogens with zero attached hydrogens (tertiary/aromatic N) is 3. The third kappa shape index (κ3) is 20.5. The summed E-state index contributed by atoms with van der Waals surface area (Å²) in [5.74, 6) is -0.0425. The molecule has 11 heteroatoms. The second-order valence-corrected chi connectivity index (χ2v) is 10.8. The Kier molecular flexibility index (Phi) is 28.8. The van der Waals surface area contributed by atoms with Crippen LogP contribution in [0.1, 0.15) is 67.7 Å². The van der Waals surface area contributed by atoms with Gasteiger partial charge in [-0.15, -0.1) is 6.58 Å². The third-order valence-corrected chi connectivity index (χ3v) is 6.77. The van der Waals surface area contributed by atoms with E-state index in [2.05, 4.69) is 44.7 Å². The van der Waals surface area contributed by atoms with Crippen molar-refractivity contribution in [3.05, 3.63) is 12.7 Å². The van der Waals surface area contributed by atoms with E-state index in [1.807, 2.05) is 31.9 Å². The first-order chi connectivity index (χ1) is 20.6. The second-order valence-electron chi connectivity index (χ2n) is 10.8. The molecule has 0 heterocycles. The lowest BCUT2D eigenvalue weighted by atomic mass is 9.91. The Bertz CT molecular complexity index is 724. The Morgan fingerprint density at radius 3 is 1.93 bits per heavy atom. The van der Waals surface area contributed by atoms with Gasteiger partial charge in [0.25, 0.3) is 0 Å². The molecule has 4 unspecified atom stereocenters. The first-order valence-electron chi connectivity index (χ1n) is 15.8. The lowest BCUT2D eigenvalue weighted by Crippen LogP contribution is -2.54. The second kappa shape index (κ2) is 28.7. The van der Waals surface area contributed by atoms with E-state index in [-0.39, 0.29) is 48.4 Å². The molecule has 0 bridgehead atoms. The van der Waals surface area contributed by atoms with Crippen LogP contribution in [0.4, 0.5) is 0 Å². The number of rotatable bonds is 25. The number of likely N-dealkylation sites (N-methyl/N-ethyl adjacent to an activating group) is 2. The number of amides is 2. The van der Waals surface area contributed by atoms with Crippen LogP contribution in [0.3, 0.4) is 0 Å². The van der Waals surface area contributed by atoms with Crippen molar-refractivity contribution in [1.29, 1.82) is 0 Å². The van der Waals surface area contributed by atoms with E-state index in [9.17, 15) is 9.59 Å². The van der Waals surface area contributed by atoms with Crippen molar-refractivity contribution in [3.63, 3.8) is 0 Å². The SMILES string of the molecule is C=CCC(OC)C(C(C)CC)N(C)C(=O)CNC(=O)C(C(C)C)N(C)CCOCCOCCOCCO/N=C/C.CCC. The van der Waals surface area contributed by atoms with E-state index >= 15 is 0 Å². The first kappa shape index (κ1) is 43.1. The summed E-state index contributed by atoms with van der Waals surface area (Å²) in [7, 11) is 5.32. The average Bonchev–Trinajstić information content (AvgIpc) is 2.97. The molecule has 0 saturated carbocycles. The molecule has 0 aliphatic carbocycles. The minimum atomic E-state index is -0.389. The number of nitrogens with one attached hydrogen (secondary N) is 1. The molecule has 1 N–H and O–H groups in total. The highest BCUT2D eigenvalue weighted by atomic mass is 16.6. The summed E-state index contributed by atoms with van der Waals surface area (Å²) in [6.07, 6.45) is 6.03. The maximum absolute atomic E-state index is 13.1. The Morgan fingerprint density at radius 1 is 0.930 bits per heavy atom. The molecule has 11 nitrogen and oxygen atoms in total.